The van der Waals surface area contributed by atoms with Crippen molar-refractivity contribution in [2.24, 2.45) is 0 Å². The van der Waals surface area contributed by atoms with Crippen molar-refractivity contribution in [1.29, 1.82) is 0 Å². The molecule has 1 heterocycles. The zero-order valence-corrected chi connectivity index (χ0v) is 17.1. The van der Waals surface area contributed by atoms with Crippen LogP contribution in [0.4, 0.5) is 0 Å². The van der Waals surface area contributed by atoms with Crippen molar-refractivity contribution < 1.29 is 19.1 Å². The van der Waals surface area contributed by atoms with Crippen LogP contribution in [0.2, 0.25) is 0 Å². The standard InChI is InChI=1S/C23H28N2O4/c1-18-5-3-4-6-20(18)17-22(26)25-13-11-24(12-14-25)15-16-29-21-9-7-19(8-10-21)23(27)28-2/h3-10H,11-17H2,1-2H3. The first kappa shape index (κ1) is 20.9. The first-order valence-corrected chi connectivity index (χ1v) is 9.92. The Labute approximate surface area is 172 Å². The van der Waals surface area contributed by atoms with Crippen LogP contribution in [0.15, 0.2) is 48.5 Å². The number of carbonyl (C=O) groups excluding carboxylic acids is 2. The number of rotatable bonds is 7. The molecule has 0 radical (unpaired) electrons. The van der Waals surface area contributed by atoms with Crippen LogP contribution in [0.5, 0.6) is 5.75 Å². The van der Waals surface area contributed by atoms with Gasteiger partial charge < -0.3 is 14.4 Å². The first-order chi connectivity index (χ1) is 14.1. The molecular weight excluding hydrogens is 368 g/mol. The number of esters is 1. The van der Waals surface area contributed by atoms with Crippen molar-refractivity contribution in [2.75, 3.05) is 46.4 Å². The van der Waals surface area contributed by atoms with Crippen molar-refractivity contribution in [3.63, 3.8) is 0 Å². The fourth-order valence-electron chi connectivity index (χ4n) is 3.40. The summed E-state index contributed by atoms with van der Waals surface area (Å²) in [6.07, 6.45) is 0.470. The third kappa shape index (κ3) is 5.81. The van der Waals surface area contributed by atoms with E-state index in [2.05, 4.69) is 9.64 Å². The third-order valence-electron chi connectivity index (χ3n) is 5.28. The summed E-state index contributed by atoms with van der Waals surface area (Å²) < 4.78 is 10.5. The number of piperazine rings is 1. The van der Waals surface area contributed by atoms with Gasteiger partial charge >= 0.3 is 5.97 Å². The SMILES string of the molecule is COC(=O)c1ccc(OCCN2CCN(C(=O)Cc3ccccc3C)CC2)cc1. The maximum atomic E-state index is 12.6. The van der Waals surface area contributed by atoms with E-state index in [0.717, 1.165) is 49.6 Å². The average Bonchev–Trinajstić information content (AvgIpc) is 2.75. The molecule has 0 atom stereocenters. The molecule has 6 nitrogen and oxygen atoms in total. The quantitative estimate of drug-likeness (QED) is 0.673. The molecule has 154 valence electrons. The van der Waals surface area contributed by atoms with E-state index >= 15 is 0 Å². The minimum atomic E-state index is -0.355. The summed E-state index contributed by atoms with van der Waals surface area (Å²) in [4.78, 5) is 28.3. The minimum Gasteiger partial charge on any atom is -0.492 e. The van der Waals surface area contributed by atoms with E-state index < -0.39 is 0 Å². The maximum absolute atomic E-state index is 12.6. The number of aryl methyl sites for hydroxylation is 1. The molecule has 2 aromatic carbocycles. The van der Waals surface area contributed by atoms with Gasteiger partial charge in [0.15, 0.2) is 0 Å². The van der Waals surface area contributed by atoms with Gasteiger partial charge in [-0.15, -0.1) is 0 Å². The van der Waals surface area contributed by atoms with Crippen LogP contribution < -0.4 is 4.74 Å². The second-order valence-electron chi connectivity index (χ2n) is 7.19. The molecule has 0 unspecified atom stereocenters. The number of carbonyl (C=O) groups is 2. The van der Waals surface area contributed by atoms with Gasteiger partial charge in [-0.05, 0) is 42.3 Å². The van der Waals surface area contributed by atoms with Crippen LogP contribution in [-0.4, -0.2) is 68.1 Å². The molecule has 1 fully saturated rings. The van der Waals surface area contributed by atoms with Gasteiger partial charge in [-0.25, -0.2) is 4.79 Å². The van der Waals surface area contributed by atoms with Crippen molar-refractivity contribution in [3.8, 4) is 5.75 Å². The molecule has 29 heavy (non-hydrogen) atoms. The summed E-state index contributed by atoms with van der Waals surface area (Å²) in [7, 11) is 1.36. The Balaban J connectivity index is 1.38. The van der Waals surface area contributed by atoms with Crippen LogP contribution in [0.25, 0.3) is 0 Å². The highest BCUT2D eigenvalue weighted by molar-refractivity contribution is 5.89. The fraction of sp³-hybridized carbons (Fsp3) is 0.391. The second kappa shape index (κ2) is 10.1. The first-order valence-electron chi connectivity index (χ1n) is 9.92. The second-order valence-corrected chi connectivity index (χ2v) is 7.19. The maximum Gasteiger partial charge on any atom is 0.337 e. The van der Waals surface area contributed by atoms with E-state index in [1.165, 1.54) is 7.11 Å². The highest BCUT2D eigenvalue weighted by atomic mass is 16.5. The molecule has 0 N–H and O–H groups in total. The van der Waals surface area contributed by atoms with E-state index in [-0.39, 0.29) is 11.9 Å². The number of benzene rings is 2. The van der Waals surface area contributed by atoms with Gasteiger partial charge in [0.1, 0.15) is 12.4 Å². The van der Waals surface area contributed by atoms with Crippen molar-refractivity contribution in [1.82, 2.24) is 9.80 Å². The molecular formula is C23H28N2O4. The normalized spacial score (nSPS) is 14.5. The Bertz CT molecular complexity index is 827. The molecule has 0 spiro atoms. The monoisotopic (exact) mass is 396 g/mol. The van der Waals surface area contributed by atoms with Crippen LogP contribution in [-0.2, 0) is 16.0 Å². The predicted molar refractivity (Wildman–Crippen MR) is 111 cm³/mol. The molecule has 2 aromatic rings. The van der Waals surface area contributed by atoms with Crippen LogP contribution in [0, 0.1) is 6.92 Å². The molecule has 0 saturated carbocycles. The van der Waals surface area contributed by atoms with Gasteiger partial charge in [0.25, 0.3) is 0 Å². The topological polar surface area (TPSA) is 59.1 Å². The van der Waals surface area contributed by atoms with E-state index in [0.29, 0.717) is 18.6 Å². The van der Waals surface area contributed by atoms with Crippen LogP contribution >= 0.6 is 0 Å². The lowest BCUT2D eigenvalue weighted by Gasteiger charge is -2.34. The van der Waals surface area contributed by atoms with E-state index in [4.69, 9.17) is 4.74 Å². The van der Waals surface area contributed by atoms with Gasteiger partial charge in [0, 0.05) is 32.7 Å². The van der Waals surface area contributed by atoms with Crippen molar-refractivity contribution in [2.45, 2.75) is 13.3 Å². The zero-order valence-electron chi connectivity index (χ0n) is 17.1. The Morgan fingerprint density at radius 3 is 2.31 bits per heavy atom. The van der Waals surface area contributed by atoms with Gasteiger partial charge in [-0.2, -0.15) is 0 Å². The van der Waals surface area contributed by atoms with Crippen LogP contribution in [0.1, 0.15) is 21.5 Å². The number of hydrogen-bond acceptors (Lipinski definition) is 5. The van der Waals surface area contributed by atoms with Crippen molar-refractivity contribution >= 4 is 11.9 Å². The summed E-state index contributed by atoms with van der Waals surface area (Å²) in [6.45, 7) is 6.61. The van der Waals surface area contributed by atoms with Crippen LogP contribution in [0.3, 0.4) is 0 Å². The Morgan fingerprint density at radius 1 is 0.966 bits per heavy atom. The highest BCUT2D eigenvalue weighted by Crippen LogP contribution is 2.14. The number of nitrogens with zero attached hydrogens (tertiary/aromatic N) is 2. The zero-order chi connectivity index (χ0) is 20.6. The molecule has 6 heteroatoms. The predicted octanol–water partition coefficient (Wildman–Crippen LogP) is 2.55. The van der Waals surface area contributed by atoms with Gasteiger partial charge in [0.2, 0.25) is 5.91 Å². The number of hydrogen-bond donors (Lipinski definition) is 0. The van der Waals surface area contributed by atoms with E-state index in [1.54, 1.807) is 24.3 Å². The molecule has 3 rings (SSSR count). The highest BCUT2D eigenvalue weighted by Gasteiger charge is 2.21. The molecule has 0 bridgehead atoms. The van der Waals surface area contributed by atoms with Gasteiger partial charge in [-0.3, -0.25) is 9.69 Å². The smallest absolute Gasteiger partial charge is 0.337 e. The molecule has 1 amide bonds. The van der Waals surface area contributed by atoms with Gasteiger partial charge in [0.05, 0.1) is 19.1 Å². The fourth-order valence-corrected chi connectivity index (χ4v) is 3.40. The molecule has 0 aliphatic carbocycles. The Hall–Kier alpha value is -2.86. The number of amides is 1. The van der Waals surface area contributed by atoms with E-state index in [9.17, 15) is 9.59 Å². The number of methoxy groups -OCH3 is 1. The summed E-state index contributed by atoms with van der Waals surface area (Å²) in [6, 6.07) is 15.0. The Kier molecular flexibility index (Phi) is 7.25. The largest absolute Gasteiger partial charge is 0.492 e. The minimum absolute atomic E-state index is 0.195. The average molecular weight is 396 g/mol. The molecule has 1 saturated heterocycles. The molecule has 0 aromatic heterocycles. The lowest BCUT2D eigenvalue weighted by atomic mass is 10.1. The van der Waals surface area contributed by atoms with Crippen molar-refractivity contribution in [3.05, 3.63) is 65.2 Å². The summed E-state index contributed by atoms with van der Waals surface area (Å²) in [5, 5.41) is 0. The molecule has 1 aliphatic rings. The summed E-state index contributed by atoms with van der Waals surface area (Å²) >= 11 is 0. The molecule has 1 aliphatic heterocycles. The lowest BCUT2D eigenvalue weighted by Crippen LogP contribution is -2.50. The summed E-state index contributed by atoms with van der Waals surface area (Å²) in [5.74, 6) is 0.567. The lowest BCUT2D eigenvalue weighted by molar-refractivity contribution is -0.132. The van der Waals surface area contributed by atoms with E-state index in [1.807, 2.05) is 36.1 Å². The Morgan fingerprint density at radius 2 is 1.66 bits per heavy atom. The third-order valence-corrected chi connectivity index (χ3v) is 5.28. The van der Waals surface area contributed by atoms with Gasteiger partial charge in [-0.1, -0.05) is 24.3 Å². The number of ether oxygens (including phenoxy) is 2. The summed E-state index contributed by atoms with van der Waals surface area (Å²) in [5.41, 5.74) is 2.77.